The number of carbonyl (C=O) groups is 1. The summed E-state index contributed by atoms with van der Waals surface area (Å²) < 4.78 is 31.0. The Morgan fingerprint density at radius 1 is 0.854 bits per heavy atom. The Hall–Kier alpha value is -4.25. The molecule has 0 aliphatic carbocycles. The van der Waals surface area contributed by atoms with Crippen LogP contribution in [0.4, 0.5) is 0 Å². The lowest BCUT2D eigenvalue weighted by Crippen LogP contribution is -2.40. The van der Waals surface area contributed by atoms with E-state index >= 15 is 0 Å². The summed E-state index contributed by atoms with van der Waals surface area (Å²) in [6.45, 7) is 10.8. The normalized spacial score (nSPS) is 14.3. The quantitative estimate of drug-likeness (QED) is 0.140. The highest BCUT2D eigenvalue weighted by molar-refractivity contribution is 7.07. The number of carbonyl (C=O) groups excluding carboxylic acids is 1. The van der Waals surface area contributed by atoms with Crippen LogP contribution in [0.5, 0.6) is 23.0 Å². The standard InChI is InChI=1S/C36H36Cl2N2O7S/c1-6-43-27-14-10-22(16-29(27)44-7-2)17-31-34(41)40-33(32(35(42)46-9-4)21(5)39-36(40)48-31)23-12-15-28(30(18-23)45-8-3)47-20-24-11-13-25(37)19-26(24)38/h10-19,33H,6-9,20H2,1-5H3/b31-17+. The van der Waals surface area contributed by atoms with Crippen LogP contribution in [0.2, 0.25) is 10.0 Å². The molecule has 4 aromatic rings. The highest BCUT2D eigenvalue weighted by atomic mass is 35.5. The molecule has 0 fully saturated rings. The Bertz CT molecular complexity index is 2040. The van der Waals surface area contributed by atoms with Crippen LogP contribution in [0.3, 0.4) is 0 Å². The molecule has 1 aromatic heterocycles. The van der Waals surface area contributed by atoms with Crippen molar-refractivity contribution in [2.45, 2.75) is 47.3 Å². The first-order chi connectivity index (χ1) is 23.2. The van der Waals surface area contributed by atoms with Gasteiger partial charge in [0.15, 0.2) is 27.8 Å². The maximum absolute atomic E-state index is 14.2. The van der Waals surface area contributed by atoms with Crippen molar-refractivity contribution in [3.05, 3.63) is 112 Å². The number of aromatic nitrogens is 1. The predicted octanol–water partition coefficient (Wildman–Crippen LogP) is 6.88. The van der Waals surface area contributed by atoms with Gasteiger partial charge in [0, 0.05) is 15.6 Å². The van der Waals surface area contributed by atoms with Crippen molar-refractivity contribution in [1.29, 1.82) is 0 Å². The molecule has 0 saturated heterocycles. The van der Waals surface area contributed by atoms with Crippen molar-refractivity contribution in [2.75, 3.05) is 26.4 Å². The Labute approximate surface area is 292 Å². The molecule has 1 aliphatic rings. The lowest BCUT2D eigenvalue weighted by molar-refractivity contribution is -0.139. The second-order valence-electron chi connectivity index (χ2n) is 10.5. The predicted molar refractivity (Wildman–Crippen MR) is 188 cm³/mol. The minimum Gasteiger partial charge on any atom is -0.490 e. The van der Waals surface area contributed by atoms with Gasteiger partial charge in [-0.05, 0) is 88.2 Å². The second-order valence-corrected chi connectivity index (χ2v) is 12.4. The van der Waals surface area contributed by atoms with E-state index < -0.39 is 12.0 Å². The number of allylic oxidation sites excluding steroid dienone is 1. The van der Waals surface area contributed by atoms with Crippen LogP contribution in [0.15, 0.2) is 75.7 Å². The zero-order valence-corrected chi connectivity index (χ0v) is 29.6. The third-order valence-electron chi connectivity index (χ3n) is 7.36. The van der Waals surface area contributed by atoms with Gasteiger partial charge in [-0.2, -0.15) is 0 Å². The Morgan fingerprint density at radius 3 is 2.21 bits per heavy atom. The number of hydrogen-bond acceptors (Lipinski definition) is 9. The van der Waals surface area contributed by atoms with E-state index in [1.54, 1.807) is 50.3 Å². The molecular weight excluding hydrogens is 675 g/mol. The van der Waals surface area contributed by atoms with Gasteiger partial charge in [-0.1, -0.05) is 52.7 Å². The fourth-order valence-electron chi connectivity index (χ4n) is 5.29. The van der Waals surface area contributed by atoms with Crippen LogP contribution < -0.4 is 33.8 Å². The number of ether oxygens (including phenoxy) is 5. The van der Waals surface area contributed by atoms with E-state index in [-0.39, 0.29) is 24.3 Å². The summed E-state index contributed by atoms with van der Waals surface area (Å²) >= 11 is 13.7. The average Bonchev–Trinajstić information content (AvgIpc) is 3.35. The monoisotopic (exact) mass is 710 g/mol. The molecule has 2 heterocycles. The molecule has 0 spiro atoms. The van der Waals surface area contributed by atoms with Gasteiger partial charge in [0.2, 0.25) is 0 Å². The number of rotatable bonds is 13. The molecule has 0 radical (unpaired) electrons. The molecule has 0 saturated carbocycles. The smallest absolute Gasteiger partial charge is 0.338 e. The van der Waals surface area contributed by atoms with Gasteiger partial charge in [0.05, 0.1) is 48.3 Å². The molecule has 252 valence electrons. The van der Waals surface area contributed by atoms with Crippen LogP contribution in [0.25, 0.3) is 6.08 Å². The maximum Gasteiger partial charge on any atom is 0.338 e. The molecular formula is C36H36Cl2N2O7S. The van der Waals surface area contributed by atoms with E-state index in [0.717, 1.165) is 11.1 Å². The summed E-state index contributed by atoms with van der Waals surface area (Å²) in [5.74, 6) is 1.57. The molecule has 3 aromatic carbocycles. The first-order valence-electron chi connectivity index (χ1n) is 15.6. The van der Waals surface area contributed by atoms with Crippen LogP contribution >= 0.6 is 34.5 Å². The maximum atomic E-state index is 14.2. The van der Waals surface area contributed by atoms with Gasteiger partial charge < -0.3 is 23.7 Å². The van der Waals surface area contributed by atoms with Crippen molar-refractivity contribution in [3.8, 4) is 23.0 Å². The molecule has 0 N–H and O–H groups in total. The lowest BCUT2D eigenvalue weighted by Gasteiger charge is -2.25. The molecule has 12 heteroatoms. The fraction of sp³-hybridized carbons (Fsp3) is 0.306. The highest BCUT2D eigenvalue weighted by Gasteiger charge is 2.34. The zero-order valence-electron chi connectivity index (χ0n) is 27.3. The lowest BCUT2D eigenvalue weighted by atomic mass is 9.95. The first-order valence-corrected chi connectivity index (χ1v) is 17.2. The van der Waals surface area contributed by atoms with Crippen LogP contribution in [-0.4, -0.2) is 37.0 Å². The molecule has 48 heavy (non-hydrogen) atoms. The van der Waals surface area contributed by atoms with Gasteiger partial charge >= 0.3 is 5.97 Å². The van der Waals surface area contributed by atoms with Gasteiger partial charge in [0.1, 0.15) is 6.61 Å². The van der Waals surface area contributed by atoms with Crippen molar-refractivity contribution in [1.82, 2.24) is 4.57 Å². The van der Waals surface area contributed by atoms with Crippen molar-refractivity contribution >= 4 is 46.6 Å². The number of hydrogen-bond donors (Lipinski definition) is 0. The molecule has 1 unspecified atom stereocenters. The average molecular weight is 712 g/mol. The van der Waals surface area contributed by atoms with Crippen LogP contribution in [-0.2, 0) is 16.1 Å². The molecule has 1 atom stereocenters. The van der Waals surface area contributed by atoms with Gasteiger partial charge in [0.25, 0.3) is 5.56 Å². The summed E-state index contributed by atoms with van der Waals surface area (Å²) in [5.41, 5.74) is 2.55. The number of esters is 1. The minimum absolute atomic E-state index is 0.164. The minimum atomic E-state index is -0.833. The van der Waals surface area contributed by atoms with E-state index in [0.29, 0.717) is 73.5 Å². The van der Waals surface area contributed by atoms with Crippen molar-refractivity contribution < 1.29 is 28.5 Å². The molecule has 9 nitrogen and oxygen atoms in total. The van der Waals surface area contributed by atoms with Gasteiger partial charge in [-0.3, -0.25) is 9.36 Å². The number of nitrogens with zero attached hydrogens (tertiary/aromatic N) is 2. The van der Waals surface area contributed by atoms with E-state index in [9.17, 15) is 9.59 Å². The third kappa shape index (κ3) is 7.56. The summed E-state index contributed by atoms with van der Waals surface area (Å²) in [6.07, 6.45) is 1.78. The first kappa shape index (κ1) is 35.1. The number of benzene rings is 3. The summed E-state index contributed by atoms with van der Waals surface area (Å²) in [5, 5.41) is 1.01. The Kier molecular flexibility index (Phi) is 11.5. The SMILES string of the molecule is CCOC(=O)C1=C(C)N=c2s/c(=C/c3ccc(OCC)c(OCC)c3)c(=O)n2C1c1ccc(OCc2ccc(Cl)cc2Cl)c(OCC)c1. The fourth-order valence-corrected chi connectivity index (χ4v) is 6.80. The summed E-state index contributed by atoms with van der Waals surface area (Å²) in [6, 6.07) is 15.2. The summed E-state index contributed by atoms with van der Waals surface area (Å²) in [7, 11) is 0. The highest BCUT2D eigenvalue weighted by Crippen LogP contribution is 2.37. The van der Waals surface area contributed by atoms with Crippen LogP contribution in [0.1, 0.15) is 57.4 Å². The second kappa shape index (κ2) is 15.8. The molecule has 5 rings (SSSR count). The van der Waals surface area contributed by atoms with E-state index in [1.807, 2.05) is 45.0 Å². The molecule has 1 aliphatic heterocycles. The van der Waals surface area contributed by atoms with E-state index in [2.05, 4.69) is 4.99 Å². The zero-order chi connectivity index (χ0) is 34.4. The topological polar surface area (TPSA) is 97.6 Å². The number of thiazole rings is 1. The van der Waals surface area contributed by atoms with Gasteiger partial charge in [-0.25, -0.2) is 9.79 Å². The largest absolute Gasteiger partial charge is 0.490 e. The van der Waals surface area contributed by atoms with Crippen molar-refractivity contribution in [3.63, 3.8) is 0 Å². The van der Waals surface area contributed by atoms with Gasteiger partial charge in [-0.15, -0.1) is 0 Å². The number of fused-ring (bicyclic) bond motifs is 1. The number of halogens is 2. The third-order valence-corrected chi connectivity index (χ3v) is 8.93. The summed E-state index contributed by atoms with van der Waals surface area (Å²) in [4.78, 5) is 32.7. The van der Waals surface area contributed by atoms with E-state index in [1.165, 1.54) is 15.9 Å². The van der Waals surface area contributed by atoms with Crippen LogP contribution in [0, 0.1) is 0 Å². The van der Waals surface area contributed by atoms with E-state index in [4.69, 9.17) is 46.9 Å². The Balaban J connectivity index is 1.61. The molecule has 0 amide bonds. The molecule has 0 bridgehead atoms. The van der Waals surface area contributed by atoms with Crippen molar-refractivity contribution in [2.24, 2.45) is 4.99 Å². The Morgan fingerprint density at radius 2 is 1.52 bits per heavy atom.